The Balaban J connectivity index is 1.59. The molecule has 170 valence electrons. The number of H-pyrrole nitrogens is 1. The molecule has 1 aromatic carbocycles. The van der Waals surface area contributed by atoms with Gasteiger partial charge in [0, 0.05) is 25.1 Å². The standard InChI is InChI=1S/C24H32N6O2/c1-24(2)11-7-13-29(14-12-24)23-28-26-21(30(23)16-17-8-5-6-15-32-17)20-18-9-3-4-10-19(18)22(31)27-25-20/h3-4,9-10,17H,5-8,11-16H2,1-2H3,(H,27,31). The Hall–Kier alpha value is -2.74. The molecule has 1 unspecified atom stereocenters. The highest BCUT2D eigenvalue weighted by Gasteiger charge is 2.29. The van der Waals surface area contributed by atoms with E-state index in [-0.39, 0.29) is 11.7 Å². The van der Waals surface area contributed by atoms with Crippen molar-refractivity contribution < 1.29 is 4.74 Å². The van der Waals surface area contributed by atoms with Crippen LogP contribution >= 0.6 is 0 Å². The summed E-state index contributed by atoms with van der Waals surface area (Å²) in [7, 11) is 0. The van der Waals surface area contributed by atoms with Crippen LogP contribution in [-0.2, 0) is 11.3 Å². The van der Waals surface area contributed by atoms with E-state index >= 15 is 0 Å². The Labute approximate surface area is 188 Å². The molecule has 5 rings (SSSR count). The quantitative estimate of drug-likeness (QED) is 0.670. The van der Waals surface area contributed by atoms with E-state index in [0.29, 0.717) is 28.9 Å². The number of rotatable bonds is 4. The van der Waals surface area contributed by atoms with Gasteiger partial charge in [0.15, 0.2) is 5.82 Å². The van der Waals surface area contributed by atoms with Gasteiger partial charge in [0.1, 0.15) is 5.69 Å². The lowest BCUT2D eigenvalue weighted by Gasteiger charge is -2.27. The molecular weight excluding hydrogens is 404 g/mol. The molecule has 2 aromatic heterocycles. The molecule has 2 aliphatic rings. The fourth-order valence-electron chi connectivity index (χ4n) is 4.94. The molecule has 2 aliphatic heterocycles. The molecule has 0 saturated carbocycles. The molecule has 32 heavy (non-hydrogen) atoms. The molecule has 0 spiro atoms. The topological polar surface area (TPSA) is 88.9 Å². The van der Waals surface area contributed by atoms with Crippen LogP contribution < -0.4 is 10.5 Å². The number of fused-ring (bicyclic) bond motifs is 1. The molecule has 0 bridgehead atoms. The van der Waals surface area contributed by atoms with E-state index in [0.717, 1.165) is 56.7 Å². The van der Waals surface area contributed by atoms with Crippen molar-refractivity contribution in [2.24, 2.45) is 5.41 Å². The van der Waals surface area contributed by atoms with Gasteiger partial charge in [-0.15, -0.1) is 10.2 Å². The summed E-state index contributed by atoms with van der Waals surface area (Å²) in [6.45, 7) is 8.10. The first kappa shape index (κ1) is 21.1. The average molecular weight is 437 g/mol. The second-order valence-corrected chi connectivity index (χ2v) is 9.87. The smallest absolute Gasteiger partial charge is 0.272 e. The second-order valence-electron chi connectivity index (χ2n) is 9.87. The van der Waals surface area contributed by atoms with Crippen molar-refractivity contribution >= 4 is 16.7 Å². The lowest BCUT2D eigenvalue weighted by molar-refractivity contribution is 0.00637. The van der Waals surface area contributed by atoms with Crippen LogP contribution in [-0.4, -0.2) is 50.8 Å². The summed E-state index contributed by atoms with van der Waals surface area (Å²) in [5.41, 5.74) is 0.803. The number of hydrogen-bond acceptors (Lipinski definition) is 6. The Kier molecular flexibility index (Phi) is 5.71. The third-order valence-corrected chi connectivity index (χ3v) is 6.92. The summed E-state index contributed by atoms with van der Waals surface area (Å²) in [6, 6.07) is 7.54. The Bertz CT molecular complexity index is 1140. The minimum atomic E-state index is -0.194. The lowest BCUT2D eigenvalue weighted by atomic mass is 9.85. The number of aromatic nitrogens is 5. The molecule has 1 N–H and O–H groups in total. The summed E-state index contributed by atoms with van der Waals surface area (Å²) in [5, 5.41) is 17.7. The Morgan fingerprint density at radius 3 is 2.75 bits per heavy atom. The maximum Gasteiger partial charge on any atom is 0.272 e. The molecule has 2 fully saturated rings. The summed E-state index contributed by atoms with van der Waals surface area (Å²) >= 11 is 0. The molecule has 2 saturated heterocycles. The van der Waals surface area contributed by atoms with Gasteiger partial charge in [-0.3, -0.25) is 9.36 Å². The SMILES string of the molecule is CC1(C)CCCN(c2nnc(-c3n[nH]c(=O)c4ccccc34)n2CC2CCCCO2)CC1. The fourth-order valence-corrected chi connectivity index (χ4v) is 4.94. The molecule has 1 atom stereocenters. The van der Waals surface area contributed by atoms with Gasteiger partial charge in [-0.2, -0.15) is 5.10 Å². The molecule has 0 radical (unpaired) electrons. The van der Waals surface area contributed by atoms with Crippen LogP contribution in [0.4, 0.5) is 5.95 Å². The van der Waals surface area contributed by atoms with Crippen LogP contribution in [0.15, 0.2) is 29.1 Å². The van der Waals surface area contributed by atoms with E-state index < -0.39 is 0 Å². The molecule has 0 amide bonds. The predicted molar refractivity (Wildman–Crippen MR) is 125 cm³/mol. The van der Waals surface area contributed by atoms with Gasteiger partial charge < -0.3 is 9.64 Å². The first-order valence-corrected chi connectivity index (χ1v) is 11.8. The monoisotopic (exact) mass is 436 g/mol. The van der Waals surface area contributed by atoms with E-state index in [1.165, 1.54) is 12.8 Å². The summed E-state index contributed by atoms with van der Waals surface area (Å²) in [6.07, 6.45) is 6.92. The van der Waals surface area contributed by atoms with E-state index in [9.17, 15) is 4.79 Å². The van der Waals surface area contributed by atoms with Gasteiger partial charge in [0.2, 0.25) is 5.95 Å². The van der Waals surface area contributed by atoms with Gasteiger partial charge in [-0.1, -0.05) is 32.0 Å². The Morgan fingerprint density at radius 1 is 1.09 bits per heavy atom. The van der Waals surface area contributed by atoms with Crippen molar-refractivity contribution in [1.29, 1.82) is 0 Å². The molecule has 0 aliphatic carbocycles. The highest BCUT2D eigenvalue weighted by atomic mass is 16.5. The maximum atomic E-state index is 12.3. The van der Waals surface area contributed by atoms with Gasteiger partial charge in [0.05, 0.1) is 18.0 Å². The normalized spacial score (nSPS) is 21.6. The van der Waals surface area contributed by atoms with E-state index in [1.54, 1.807) is 0 Å². The highest BCUT2D eigenvalue weighted by molar-refractivity contribution is 5.92. The van der Waals surface area contributed by atoms with Crippen molar-refractivity contribution in [3.63, 3.8) is 0 Å². The van der Waals surface area contributed by atoms with E-state index in [1.807, 2.05) is 24.3 Å². The number of aromatic amines is 1. The third-order valence-electron chi connectivity index (χ3n) is 6.92. The number of benzene rings is 1. The zero-order valence-corrected chi connectivity index (χ0v) is 19.0. The minimum Gasteiger partial charge on any atom is -0.376 e. The minimum absolute atomic E-state index is 0.134. The Morgan fingerprint density at radius 2 is 1.94 bits per heavy atom. The summed E-state index contributed by atoms with van der Waals surface area (Å²) in [5.74, 6) is 1.56. The van der Waals surface area contributed by atoms with Gasteiger partial charge in [-0.05, 0) is 50.0 Å². The lowest BCUT2D eigenvalue weighted by Crippen LogP contribution is -2.31. The van der Waals surface area contributed by atoms with Crippen molar-refractivity contribution in [2.45, 2.75) is 65.0 Å². The third kappa shape index (κ3) is 4.16. The van der Waals surface area contributed by atoms with E-state index in [2.05, 4.69) is 43.7 Å². The van der Waals surface area contributed by atoms with Crippen LogP contribution in [0.2, 0.25) is 0 Å². The largest absolute Gasteiger partial charge is 0.376 e. The average Bonchev–Trinajstić information content (AvgIpc) is 3.10. The van der Waals surface area contributed by atoms with Crippen molar-refractivity contribution in [2.75, 3.05) is 24.6 Å². The van der Waals surface area contributed by atoms with Crippen LogP contribution in [0, 0.1) is 5.41 Å². The summed E-state index contributed by atoms with van der Waals surface area (Å²) < 4.78 is 8.24. The van der Waals surface area contributed by atoms with E-state index in [4.69, 9.17) is 4.74 Å². The fraction of sp³-hybridized carbons (Fsp3) is 0.583. The van der Waals surface area contributed by atoms with Crippen molar-refractivity contribution in [3.05, 3.63) is 34.6 Å². The molecular formula is C24H32N6O2. The zero-order chi connectivity index (χ0) is 22.1. The van der Waals surface area contributed by atoms with Crippen LogP contribution in [0.5, 0.6) is 0 Å². The highest BCUT2D eigenvalue weighted by Crippen LogP contribution is 2.33. The van der Waals surface area contributed by atoms with Crippen LogP contribution in [0.1, 0.15) is 52.4 Å². The number of anilines is 1. The zero-order valence-electron chi connectivity index (χ0n) is 19.0. The van der Waals surface area contributed by atoms with Gasteiger partial charge in [-0.25, -0.2) is 5.10 Å². The first-order chi connectivity index (χ1) is 15.5. The molecule has 8 heteroatoms. The first-order valence-electron chi connectivity index (χ1n) is 11.8. The predicted octanol–water partition coefficient (Wildman–Crippen LogP) is 3.77. The number of nitrogens with zero attached hydrogens (tertiary/aromatic N) is 5. The van der Waals surface area contributed by atoms with Crippen molar-refractivity contribution in [3.8, 4) is 11.5 Å². The van der Waals surface area contributed by atoms with Crippen LogP contribution in [0.25, 0.3) is 22.3 Å². The number of hydrogen-bond donors (Lipinski definition) is 1. The molecule has 4 heterocycles. The second kappa shape index (κ2) is 8.65. The van der Waals surface area contributed by atoms with Gasteiger partial charge in [0.25, 0.3) is 5.56 Å². The molecule has 3 aromatic rings. The number of ether oxygens (including phenoxy) is 1. The van der Waals surface area contributed by atoms with Crippen LogP contribution in [0.3, 0.4) is 0 Å². The number of nitrogens with one attached hydrogen (secondary N) is 1. The maximum absolute atomic E-state index is 12.3. The molecule has 8 nitrogen and oxygen atoms in total. The van der Waals surface area contributed by atoms with Crippen molar-refractivity contribution in [1.82, 2.24) is 25.0 Å². The summed E-state index contributed by atoms with van der Waals surface area (Å²) in [4.78, 5) is 14.7. The van der Waals surface area contributed by atoms with Gasteiger partial charge >= 0.3 is 0 Å².